The summed E-state index contributed by atoms with van der Waals surface area (Å²) in [6, 6.07) is 0. The summed E-state index contributed by atoms with van der Waals surface area (Å²) in [6.45, 7) is 3.78. The van der Waals surface area contributed by atoms with Gasteiger partial charge in [-0.25, -0.2) is 0 Å². The highest BCUT2D eigenvalue weighted by Crippen LogP contribution is 2.15. The molecular weight excluding hydrogens is 331 g/mol. The van der Waals surface area contributed by atoms with Crippen LogP contribution in [-0.4, -0.2) is 6.67 Å². The predicted octanol–water partition coefficient (Wildman–Crippen LogP) is 10.2. The minimum absolute atomic E-state index is 0.127. The smallest absolute Gasteiger partial charge is 0.0894 e. The first-order chi connectivity index (χ1) is 13.4. The Bertz CT molecular complexity index is 214. The second-order valence-corrected chi connectivity index (χ2v) is 8.67. The molecule has 1 heteroatoms. The largest absolute Gasteiger partial charge is 0.251 e. The van der Waals surface area contributed by atoms with Gasteiger partial charge in [0.1, 0.15) is 0 Å². The average Bonchev–Trinajstić information content (AvgIpc) is 2.68. The molecule has 0 bridgehead atoms. The van der Waals surface area contributed by atoms with Crippen molar-refractivity contribution < 1.29 is 4.39 Å². The Morgan fingerprint density at radius 2 is 0.481 bits per heavy atom. The van der Waals surface area contributed by atoms with Gasteiger partial charge in [0.15, 0.2) is 0 Å². The van der Waals surface area contributed by atoms with Crippen molar-refractivity contribution >= 4 is 0 Å². The average molecular weight is 384 g/mol. The molecule has 0 aliphatic rings. The minimum Gasteiger partial charge on any atom is -0.251 e. The molecular formula is C26H52F. The van der Waals surface area contributed by atoms with Crippen LogP contribution in [0.5, 0.6) is 0 Å². The van der Waals surface area contributed by atoms with E-state index in [0.717, 1.165) is 19.3 Å². The van der Waals surface area contributed by atoms with E-state index < -0.39 is 0 Å². The standard InChI is InChI=1S/C26H52F/c1-2-3-4-5-6-7-8-9-10-11-12-13-14-15-16-17-18-19-20-21-22-23-24-25-26-27/h1-26H2. The summed E-state index contributed by atoms with van der Waals surface area (Å²) in [6.07, 6.45) is 32.8. The topological polar surface area (TPSA) is 0 Å². The maximum Gasteiger partial charge on any atom is 0.0894 e. The highest BCUT2D eigenvalue weighted by Gasteiger charge is 1.96. The van der Waals surface area contributed by atoms with Gasteiger partial charge < -0.3 is 0 Å². The lowest BCUT2D eigenvalue weighted by molar-refractivity contribution is 0.448. The van der Waals surface area contributed by atoms with Gasteiger partial charge in [0, 0.05) is 0 Å². The van der Waals surface area contributed by atoms with E-state index in [9.17, 15) is 4.39 Å². The molecule has 1 radical (unpaired) electrons. The zero-order valence-corrected chi connectivity index (χ0v) is 18.8. The van der Waals surface area contributed by atoms with E-state index >= 15 is 0 Å². The van der Waals surface area contributed by atoms with Crippen LogP contribution in [0.25, 0.3) is 0 Å². The SMILES string of the molecule is [CH2]CCCCCCCCCCCCCCCCCCCCCCCCCF. The lowest BCUT2D eigenvalue weighted by Crippen LogP contribution is -1.84. The molecule has 0 saturated carbocycles. The Morgan fingerprint density at radius 3 is 0.667 bits per heavy atom. The first-order valence-corrected chi connectivity index (χ1v) is 12.8. The molecule has 0 unspecified atom stereocenters. The van der Waals surface area contributed by atoms with Gasteiger partial charge in [-0.05, 0) is 6.42 Å². The monoisotopic (exact) mass is 383 g/mol. The van der Waals surface area contributed by atoms with Crippen LogP contribution in [0, 0.1) is 6.92 Å². The second kappa shape index (κ2) is 25.9. The van der Waals surface area contributed by atoms with E-state index in [1.807, 2.05) is 0 Å². The quantitative estimate of drug-likeness (QED) is 0.145. The van der Waals surface area contributed by atoms with Crippen LogP contribution in [0.1, 0.15) is 154 Å². The molecule has 0 aromatic rings. The molecule has 0 aromatic carbocycles. The van der Waals surface area contributed by atoms with Gasteiger partial charge in [0.05, 0.1) is 6.67 Å². The number of rotatable bonds is 24. The van der Waals surface area contributed by atoms with E-state index in [-0.39, 0.29) is 6.67 Å². The molecule has 0 N–H and O–H groups in total. The highest BCUT2D eigenvalue weighted by atomic mass is 19.1. The lowest BCUT2D eigenvalue weighted by Gasteiger charge is -2.04. The molecule has 0 aliphatic carbocycles. The van der Waals surface area contributed by atoms with Crippen LogP contribution in [0.3, 0.4) is 0 Å². The van der Waals surface area contributed by atoms with Gasteiger partial charge in [0.25, 0.3) is 0 Å². The Kier molecular flexibility index (Phi) is 25.9. The van der Waals surface area contributed by atoms with Crippen molar-refractivity contribution in [1.82, 2.24) is 0 Å². The van der Waals surface area contributed by atoms with Crippen molar-refractivity contribution in [2.45, 2.75) is 154 Å². The van der Waals surface area contributed by atoms with E-state index in [1.54, 1.807) is 0 Å². The van der Waals surface area contributed by atoms with Gasteiger partial charge in [-0.1, -0.05) is 155 Å². The fourth-order valence-electron chi connectivity index (χ4n) is 3.98. The molecule has 0 aliphatic heterocycles. The summed E-state index contributed by atoms with van der Waals surface area (Å²) in [5.74, 6) is 0. The first kappa shape index (κ1) is 26.9. The number of hydrogen-bond acceptors (Lipinski definition) is 0. The number of hydrogen-bond donors (Lipinski definition) is 0. The second-order valence-electron chi connectivity index (χ2n) is 8.67. The van der Waals surface area contributed by atoms with E-state index in [2.05, 4.69) is 6.92 Å². The van der Waals surface area contributed by atoms with Crippen molar-refractivity contribution in [2.24, 2.45) is 0 Å². The molecule has 0 amide bonds. The molecule has 0 atom stereocenters. The van der Waals surface area contributed by atoms with Crippen molar-refractivity contribution in [3.05, 3.63) is 6.92 Å². The zero-order chi connectivity index (χ0) is 19.7. The van der Waals surface area contributed by atoms with E-state index in [0.29, 0.717) is 0 Å². The molecule has 0 heterocycles. The highest BCUT2D eigenvalue weighted by molar-refractivity contribution is 4.51. The van der Waals surface area contributed by atoms with Crippen LogP contribution in [0.15, 0.2) is 0 Å². The van der Waals surface area contributed by atoms with Crippen molar-refractivity contribution in [3.8, 4) is 0 Å². The molecule has 0 spiro atoms. The fourth-order valence-corrected chi connectivity index (χ4v) is 3.98. The Balaban J connectivity index is 2.95. The van der Waals surface area contributed by atoms with Gasteiger partial charge in [-0.2, -0.15) is 0 Å². The summed E-state index contributed by atoms with van der Waals surface area (Å²) >= 11 is 0. The maximum absolute atomic E-state index is 12.0. The van der Waals surface area contributed by atoms with E-state index in [4.69, 9.17) is 0 Å². The van der Waals surface area contributed by atoms with Crippen LogP contribution in [0.2, 0.25) is 0 Å². The number of unbranched alkanes of at least 4 members (excludes halogenated alkanes) is 23. The normalized spacial score (nSPS) is 11.3. The summed E-state index contributed by atoms with van der Waals surface area (Å²) in [5, 5.41) is 0. The van der Waals surface area contributed by atoms with Crippen LogP contribution in [0.4, 0.5) is 4.39 Å². The molecule has 0 saturated heterocycles. The Labute approximate surface area is 172 Å². The molecule has 0 fully saturated rings. The maximum atomic E-state index is 12.0. The molecule has 27 heavy (non-hydrogen) atoms. The van der Waals surface area contributed by atoms with Crippen molar-refractivity contribution in [1.29, 1.82) is 0 Å². The Hall–Kier alpha value is -0.0700. The summed E-state index contributed by atoms with van der Waals surface area (Å²) in [4.78, 5) is 0. The van der Waals surface area contributed by atoms with E-state index in [1.165, 1.54) is 135 Å². The predicted molar refractivity (Wildman–Crippen MR) is 122 cm³/mol. The zero-order valence-electron chi connectivity index (χ0n) is 18.8. The molecule has 0 aromatic heterocycles. The van der Waals surface area contributed by atoms with Crippen LogP contribution >= 0.6 is 0 Å². The third-order valence-corrected chi connectivity index (χ3v) is 5.88. The molecule has 163 valence electrons. The van der Waals surface area contributed by atoms with Gasteiger partial charge in [0.2, 0.25) is 0 Å². The molecule has 0 nitrogen and oxygen atoms in total. The Morgan fingerprint density at radius 1 is 0.296 bits per heavy atom. The third-order valence-electron chi connectivity index (χ3n) is 5.88. The van der Waals surface area contributed by atoms with Crippen molar-refractivity contribution in [3.63, 3.8) is 0 Å². The summed E-state index contributed by atoms with van der Waals surface area (Å²) < 4.78 is 12.0. The van der Waals surface area contributed by atoms with Crippen LogP contribution < -0.4 is 0 Å². The lowest BCUT2D eigenvalue weighted by atomic mass is 10.0. The third kappa shape index (κ3) is 25.9. The van der Waals surface area contributed by atoms with Crippen molar-refractivity contribution in [2.75, 3.05) is 6.67 Å². The number of alkyl halides is 1. The van der Waals surface area contributed by atoms with Gasteiger partial charge in [-0.3, -0.25) is 4.39 Å². The molecule has 0 rings (SSSR count). The first-order valence-electron chi connectivity index (χ1n) is 12.8. The summed E-state index contributed by atoms with van der Waals surface area (Å²) in [5.41, 5.74) is 0. The van der Waals surface area contributed by atoms with Crippen LogP contribution in [-0.2, 0) is 0 Å². The minimum atomic E-state index is -0.127. The van der Waals surface area contributed by atoms with Gasteiger partial charge >= 0.3 is 0 Å². The number of halogens is 1. The fraction of sp³-hybridized carbons (Fsp3) is 0.962. The summed E-state index contributed by atoms with van der Waals surface area (Å²) in [7, 11) is 0. The van der Waals surface area contributed by atoms with Gasteiger partial charge in [-0.15, -0.1) is 0 Å².